The van der Waals surface area contributed by atoms with Gasteiger partial charge in [0.05, 0.1) is 6.57 Å². The summed E-state index contributed by atoms with van der Waals surface area (Å²) < 4.78 is 66.6. The Labute approximate surface area is 133 Å². The van der Waals surface area contributed by atoms with Gasteiger partial charge in [-0.3, -0.25) is 4.98 Å². The number of pyridine rings is 1. The predicted octanol–water partition coefficient (Wildman–Crippen LogP) is 4.38. The lowest BCUT2D eigenvalue weighted by atomic mass is 9.97. The molecule has 3 nitrogen and oxygen atoms in total. The van der Waals surface area contributed by atoms with Gasteiger partial charge in [-0.2, -0.15) is 13.2 Å². The van der Waals surface area contributed by atoms with Crippen LogP contribution in [0.3, 0.4) is 0 Å². The smallest absolute Gasteiger partial charge is 0.385 e. The zero-order chi connectivity index (χ0) is 17.6. The van der Waals surface area contributed by atoms with Gasteiger partial charge >= 0.3 is 6.18 Å². The van der Waals surface area contributed by atoms with Crippen molar-refractivity contribution in [1.29, 1.82) is 0 Å². The summed E-state index contributed by atoms with van der Waals surface area (Å²) in [7, 11) is 0. The van der Waals surface area contributed by atoms with Crippen molar-refractivity contribution < 1.29 is 27.1 Å². The van der Waals surface area contributed by atoms with Crippen LogP contribution in [0.15, 0.2) is 24.4 Å². The van der Waals surface area contributed by atoms with Crippen LogP contribution in [0.4, 0.5) is 27.6 Å². The molecule has 0 unspecified atom stereocenters. The molecule has 0 aliphatic heterocycles. The van der Waals surface area contributed by atoms with Gasteiger partial charge in [-0.1, -0.05) is 0 Å². The number of aliphatic hydroxyl groups excluding tert-OH is 1. The van der Waals surface area contributed by atoms with Crippen molar-refractivity contribution in [3.05, 3.63) is 58.5 Å². The highest BCUT2D eigenvalue weighted by Gasteiger charge is 2.44. The van der Waals surface area contributed by atoms with Crippen molar-refractivity contribution in [1.82, 2.24) is 4.98 Å². The van der Waals surface area contributed by atoms with Gasteiger partial charge in [-0.05, 0) is 29.3 Å². The van der Waals surface area contributed by atoms with Crippen LogP contribution < -0.4 is 0 Å². The summed E-state index contributed by atoms with van der Waals surface area (Å²) in [6, 6.07) is 3.27. The van der Waals surface area contributed by atoms with E-state index >= 15 is 0 Å². The van der Waals surface area contributed by atoms with Gasteiger partial charge in [-0.15, -0.1) is 0 Å². The molecule has 3 rings (SSSR count). The fraction of sp³-hybridized carbons (Fsp3) is 0.250. The highest BCUT2D eigenvalue weighted by Crippen LogP contribution is 2.45. The molecule has 1 aliphatic rings. The SMILES string of the molecule is [C-]#[N+]c1cc(F)cc(-c2cnc(C(F)(F)F)c3c2C[C@@H](F)[C@H]3O)c1. The molecule has 1 aromatic carbocycles. The summed E-state index contributed by atoms with van der Waals surface area (Å²) in [5.74, 6) is -0.748. The van der Waals surface area contributed by atoms with Gasteiger partial charge in [0.2, 0.25) is 0 Å². The number of hydrogen-bond acceptors (Lipinski definition) is 2. The summed E-state index contributed by atoms with van der Waals surface area (Å²) in [5, 5.41) is 9.78. The average Bonchev–Trinajstić information content (AvgIpc) is 2.80. The van der Waals surface area contributed by atoms with Gasteiger partial charge in [0, 0.05) is 23.7 Å². The highest BCUT2D eigenvalue weighted by atomic mass is 19.4. The Kier molecular flexibility index (Phi) is 3.76. The zero-order valence-electron chi connectivity index (χ0n) is 11.9. The molecule has 1 N–H and O–H groups in total. The van der Waals surface area contributed by atoms with Gasteiger partial charge in [-0.25, -0.2) is 13.6 Å². The fourth-order valence-corrected chi connectivity index (χ4v) is 2.86. The van der Waals surface area contributed by atoms with Gasteiger partial charge in [0.1, 0.15) is 18.1 Å². The van der Waals surface area contributed by atoms with Gasteiger partial charge in [0.15, 0.2) is 11.4 Å². The Bertz CT molecular complexity index is 857. The monoisotopic (exact) mass is 340 g/mol. The van der Waals surface area contributed by atoms with E-state index in [1.165, 1.54) is 6.07 Å². The predicted molar refractivity (Wildman–Crippen MR) is 74.5 cm³/mol. The van der Waals surface area contributed by atoms with E-state index in [2.05, 4.69) is 9.83 Å². The normalized spacial score (nSPS) is 19.9. The molecular formula is C16H9F5N2O. The van der Waals surface area contributed by atoms with E-state index in [9.17, 15) is 27.1 Å². The standard InChI is InChI=1S/C16H9F5N2O/c1-22-9-3-7(2-8(17)4-9)11-6-23-15(16(19,20)21)13-10(11)5-12(18)14(13)24/h2-4,6,12,14,24H,5H2/t12-,14-/m1/s1. The van der Waals surface area contributed by atoms with Crippen LogP contribution in [0.2, 0.25) is 0 Å². The molecule has 0 saturated heterocycles. The van der Waals surface area contributed by atoms with Crippen LogP contribution in [0.25, 0.3) is 16.0 Å². The number of aromatic nitrogens is 1. The summed E-state index contributed by atoms with van der Waals surface area (Å²) >= 11 is 0. The minimum atomic E-state index is -4.85. The Hall–Kier alpha value is -2.53. The molecule has 0 amide bonds. The van der Waals surface area contributed by atoms with Crippen LogP contribution in [0, 0.1) is 12.4 Å². The van der Waals surface area contributed by atoms with E-state index in [1.54, 1.807) is 0 Å². The topological polar surface area (TPSA) is 37.5 Å². The van der Waals surface area contributed by atoms with Gasteiger partial charge in [0.25, 0.3) is 0 Å². The number of aliphatic hydroxyl groups is 1. The van der Waals surface area contributed by atoms with Crippen LogP contribution in [0.5, 0.6) is 0 Å². The number of halogens is 5. The summed E-state index contributed by atoms with van der Waals surface area (Å²) in [6.07, 6.45) is -8.27. The second-order valence-electron chi connectivity index (χ2n) is 5.39. The van der Waals surface area contributed by atoms with Crippen molar-refractivity contribution in [3.8, 4) is 11.1 Å². The van der Waals surface area contributed by atoms with Crippen LogP contribution >= 0.6 is 0 Å². The van der Waals surface area contributed by atoms with Crippen molar-refractivity contribution >= 4 is 5.69 Å². The molecule has 8 heteroatoms. The third-order valence-corrected chi connectivity index (χ3v) is 3.86. The molecule has 0 bridgehead atoms. The molecular weight excluding hydrogens is 331 g/mol. The molecule has 124 valence electrons. The summed E-state index contributed by atoms with van der Waals surface area (Å²) in [4.78, 5) is 6.40. The third-order valence-electron chi connectivity index (χ3n) is 3.86. The first-order chi connectivity index (χ1) is 11.2. The van der Waals surface area contributed by atoms with E-state index in [-0.39, 0.29) is 22.4 Å². The average molecular weight is 340 g/mol. The molecule has 0 radical (unpaired) electrons. The molecule has 0 saturated carbocycles. The largest absolute Gasteiger partial charge is 0.433 e. The fourth-order valence-electron chi connectivity index (χ4n) is 2.86. The van der Waals surface area contributed by atoms with E-state index < -0.39 is 41.9 Å². The van der Waals surface area contributed by atoms with Crippen LogP contribution in [-0.2, 0) is 12.6 Å². The van der Waals surface area contributed by atoms with Crippen molar-refractivity contribution in [2.45, 2.75) is 24.9 Å². The number of rotatable bonds is 1. The van der Waals surface area contributed by atoms with Crippen LogP contribution in [-0.4, -0.2) is 16.3 Å². The molecule has 1 aliphatic carbocycles. The minimum absolute atomic E-state index is 0.0472. The maximum atomic E-state index is 13.8. The van der Waals surface area contributed by atoms with Gasteiger partial charge < -0.3 is 5.11 Å². The third kappa shape index (κ3) is 2.61. The lowest BCUT2D eigenvalue weighted by Crippen LogP contribution is -2.15. The number of hydrogen-bond donors (Lipinski definition) is 1. The summed E-state index contributed by atoms with van der Waals surface area (Å²) in [6.45, 7) is 6.93. The molecule has 1 aromatic heterocycles. The van der Waals surface area contributed by atoms with E-state index in [0.29, 0.717) is 0 Å². The number of fused-ring (bicyclic) bond motifs is 1. The summed E-state index contributed by atoms with van der Waals surface area (Å²) in [5.41, 5.74) is -1.91. The van der Waals surface area contributed by atoms with Crippen LogP contribution in [0.1, 0.15) is 22.9 Å². The van der Waals surface area contributed by atoms with Crippen molar-refractivity contribution in [3.63, 3.8) is 0 Å². The maximum absolute atomic E-state index is 13.8. The Morgan fingerprint density at radius 1 is 1.25 bits per heavy atom. The van der Waals surface area contributed by atoms with E-state index in [4.69, 9.17) is 6.57 Å². The quantitative estimate of drug-likeness (QED) is 0.618. The Balaban J connectivity index is 2.26. The lowest BCUT2D eigenvalue weighted by Gasteiger charge is -2.16. The van der Waals surface area contributed by atoms with Crippen molar-refractivity contribution in [2.24, 2.45) is 0 Å². The first-order valence-corrected chi connectivity index (χ1v) is 6.82. The van der Waals surface area contributed by atoms with E-state index in [1.807, 2.05) is 0 Å². The maximum Gasteiger partial charge on any atom is 0.433 e. The Morgan fingerprint density at radius 3 is 2.58 bits per heavy atom. The second kappa shape index (κ2) is 5.53. The Morgan fingerprint density at radius 2 is 1.96 bits per heavy atom. The molecule has 2 aromatic rings. The van der Waals surface area contributed by atoms with Crippen molar-refractivity contribution in [2.75, 3.05) is 0 Å². The first-order valence-electron chi connectivity index (χ1n) is 6.82. The molecule has 0 spiro atoms. The zero-order valence-corrected chi connectivity index (χ0v) is 11.9. The molecule has 0 fully saturated rings. The molecule has 1 heterocycles. The first kappa shape index (κ1) is 16.3. The van der Waals surface area contributed by atoms with E-state index in [0.717, 1.165) is 18.3 Å². The highest BCUT2D eigenvalue weighted by molar-refractivity contribution is 5.73. The number of benzene rings is 1. The number of nitrogens with zero attached hydrogens (tertiary/aromatic N) is 2. The molecule has 2 atom stereocenters. The second-order valence-corrected chi connectivity index (χ2v) is 5.39. The number of alkyl halides is 4. The minimum Gasteiger partial charge on any atom is -0.385 e. The molecule has 24 heavy (non-hydrogen) atoms. The lowest BCUT2D eigenvalue weighted by molar-refractivity contribution is -0.142.